The Morgan fingerprint density at radius 3 is 2.88 bits per heavy atom. The van der Waals surface area contributed by atoms with Crippen molar-refractivity contribution in [2.24, 2.45) is 0 Å². The Kier molecular flexibility index (Phi) is 4.77. The highest BCUT2D eigenvalue weighted by molar-refractivity contribution is 6.30. The number of methoxy groups -OCH3 is 1. The summed E-state index contributed by atoms with van der Waals surface area (Å²) in [5.41, 5.74) is 2.95. The van der Waals surface area contributed by atoms with Gasteiger partial charge in [0.2, 0.25) is 0 Å². The van der Waals surface area contributed by atoms with Crippen molar-refractivity contribution >= 4 is 17.3 Å². The van der Waals surface area contributed by atoms with E-state index in [9.17, 15) is 0 Å². The first-order valence-electron chi connectivity index (χ1n) is 8.40. The van der Waals surface area contributed by atoms with Gasteiger partial charge in [0.05, 0.1) is 26.5 Å². The Labute approximate surface area is 156 Å². The summed E-state index contributed by atoms with van der Waals surface area (Å²) in [5, 5.41) is 9.29. The van der Waals surface area contributed by atoms with Crippen LogP contribution in [0.5, 0.6) is 5.75 Å². The smallest absolute Gasteiger partial charge is 0.177 e. The third-order valence-corrected chi connectivity index (χ3v) is 4.60. The fourth-order valence-corrected chi connectivity index (χ4v) is 3.18. The van der Waals surface area contributed by atoms with E-state index in [-0.39, 0.29) is 6.23 Å². The summed E-state index contributed by atoms with van der Waals surface area (Å²) in [6.45, 7) is 2.07. The van der Waals surface area contributed by atoms with Crippen molar-refractivity contribution in [1.82, 2.24) is 15.0 Å². The number of ether oxygens (including phenoxy) is 2. The molecule has 1 aliphatic heterocycles. The minimum Gasteiger partial charge on any atom is -0.497 e. The van der Waals surface area contributed by atoms with E-state index in [4.69, 9.17) is 21.1 Å². The van der Waals surface area contributed by atoms with Gasteiger partial charge in [-0.15, -0.1) is 5.10 Å². The summed E-state index contributed by atoms with van der Waals surface area (Å²) >= 11 is 5.93. The second-order valence-corrected chi connectivity index (χ2v) is 6.52. The molecule has 1 aromatic heterocycles. The van der Waals surface area contributed by atoms with Gasteiger partial charge in [0.15, 0.2) is 6.23 Å². The normalized spacial score (nSPS) is 16.8. The van der Waals surface area contributed by atoms with Crippen LogP contribution in [0.1, 0.15) is 17.5 Å². The van der Waals surface area contributed by atoms with Crippen LogP contribution in [0.3, 0.4) is 0 Å². The Bertz CT molecular complexity index is 881. The molecule has 0 aliphatic carbocycles. The molecule has 1 saturated heterocycles. The fraction of sp³-hybridized carbons (Fsp3) is 0.263. The highest BCUT2D eigenvalue weighted by atomic mass is 35.5. The second-order valence-electron chi connectivity index (χ2n) is 6.09. The maximum Gasteiger partial charge on any atom is 0.177 e. The minimum absolute atomic E-state index is 0.249. The zero-order chi connectivity index (χ0) is 17.9. The number of anilines is 1. The third kappa shape index (κ3) is 3.52. The van der Waals surface area contributed by atoms with Crippen LogP contribution >= 0.6 is 11.6 Å². The summed E-state index contributed by atoms with van der Waals surface area (Å²) < 4.78 is 13.0. The molecule has 134 valence electrons. The molecule has 0 N–H and O–H groups in total. The summed E-state index contributed by atoms with van der Waals surface area (Å²) in [5.74, 6) is 0.819. The molecule has 0 radical (unpaired) electrons. The molecule has 0 spiro atoms. The molecule has 1 atom stereocenters. The first-order chi connectivity index (χ1) is 12.7. The van der Waals surface area contributed by atoms with Crippen LogP contribution < -0.4 is 9.64 Å². The van der Waals surface area contributed by atoms with Crippen LogP contribution in [0, 0.1) is 0 Å². The predicted octanol–water partition coefficient (Wildman–Crippen LogP) is 3.52. The number of rotatable bonds is 5. The lowest BCUT2D eigenvalue weighted by atomic mass is 10.2. The summed E-state index contributed by atoms with van der Waals surface area (Å²) in [7, 11) is 1.67. The lowest BCUT2D eigenvalue weighted by Crippen LogP contribution is -2.23. The van der Waals surface area contributed by atoms with E-state index in [1.54, 1.807) is 7.11 Å². The number of nitrogens with zero attached hydrogens (tertiary/aromatic N) is 4. The van der Waals surface area contributed by atoms with Gasteiger partial charge in [-0.1, -0.05) is 35.0 Å². The van der Waals surface area contributed by atoms with Crippen molar-refractivity contribution in [1.29, 1.82) is 0 Å². The van der Waals surface area contributed by atoms with Crippen LogP contribution in [0.25, 0.3) is 0 Å². The van der Waals surface area contributed by atoms with E-state index in [1.807, 2.05) is 59.4 Å². The molecule has 3 aromatic rings. The molecule has 0 saturated carbocycles. The zero-order valence-electron chi connectivity index (χ0n) is 14.4. The van der Waals surface area contributed by atoms with Crippen molar-refractivity contribution in [3.8, 4) is 5.75 Å². The Hall–Kier alpha value is -2.57. The standard InChI is InChI=1S/C19H19ClN4O2/c1-25-17-4-2-3-16(11-17)24-9-10-26-19(24)18-13-23(22-21-18)12-14-5-7-15(20)8-6-14/h2-8,11,13,19H,9-10,12H2,1H3/t19-/m1/s1. The fourth-order valence-electron chi connectivity index (χ4n) is 3.05. The molecule has 6 nitrogen and oxygen atoms in total. The van der Waals surface area contributed by atoms with Crippen molar-refractivity contribution < 1.29 is 9.47 Å². The molecule has 1 fully saturated rings. The average Bonchev–Trinajstić information content (AvgIpc) is 3.33. The highest BCUT2D eigenvalue weighted by Gasteiger charge is 2.29. The van der Waals surface area contributed by atoms with Gasteiger partial charge in [0.25, 0.3) is 0 Å². The largest absolute Gasteiger partial charge is 0.497 e. The topological polar surface area (TPSA) is 52.4 Å². The van der Waals surface area contributed by atoms with Gasteiger partial charge >= 0.3 is 0 Å². The van der Waals surface area contributed by atoms with Crippen LogP contribution in [-0.2, 0) is 11.3 Å². The molecule has 2 aromatic carbocycles. The third-order valence-electron chi connectivity index (χ3n) is 4.34. The maximum absolute atomic E-state index is 5.93. The van der Waals surface area contributed by atoms with Crippen molar-refractivity contribution in [2.75, 3.05) is 25.2 Å². The molecule has 7 heteroatoms. The van der Waals surface area contributed by atoms with Crippen LogP contribution in [-0.4, -0.2) is 35.3 Å². The van der Waals surface area contributed by atoms with E-state index in [2.05, 4.69) is 15.2 Å². The first-order valence-corrected chi connectivity index (χ1v) is 8.77. The summed E-state index contributed by atoms with van der Waals surface area (Å²) in [4.78, 5) is 2.17. The van der Waals surface area contributed by atoms with Crippen LogP contribution in [0.4, 0.5) is 5.69 Å². The lowest BCUT2D eigenvalue weighted by Gasteiger charge is -2.23. The number of aromatic nitrogens is 3. The van der Waals surface area contributed by atoms with Gasteiger partial charge < -0.3 is 14.4 Å². The molecule has 0 bridgehead atoms. The lowest BCUT2D eigenvalue weighted by molar-refractivity contribution is 0.110. The van der Waals surface area contributed by atoms with Crippen molar-refractivity contribution in [2.45, 2.75) is 12.8 Å². The molecule has 0 amide bonds. The zero-order valence-corrected chi connectivity index (χ0v) is 15.1. The first kappa shape index (κ1) is 16.9. The van der Waals surface area contributed by atoms with E-state index < -0.39 is 0 Å². The average molecular weight is 371 g/mol. The van der Waals surface area contributed by atoms with Gasteiger partial charge in [-0.25, -0.2) is 4.68 Å². The van der Waals surface area contributed by atoms with E-state index in [1.165, 1.54) is 0 Å². The molecule has 2 heterocycles. The molecule has 1 aliphatic rings. The van der Waals surface area contributed by atoms with Gasteiger partial charge in [0.1, 0.15) is 11.4 Å². The van der Waals surface area contributed by atoms with E-state index in [0.29, 0.717) is 13.2 Å². The molecule has 4 rings (SSSR count). The molecule has 26 heavy (non-hydrogen) atoms. The maximum atomic E-state index is 5.93. The molecular formula is C19H19ClN4O2. The van der Waals surface area contributed by atoms with Crippen LogP contribution in [0.15, 0.2) is 54.7 Å². The summed E-state index contributed by atoms with van der Waals surface area (Å²) in [6.07, 6.45) is 1.68. The van der Waals surface area contributed by atoms with Gasteiger partial charge in [0, 0.05) is 23.3 Å². The highest BCUT2D eigenvalue weighted by Crippen LogP contribution is 2.32. The molecular weight excluding hydrogens is 352 g/mol. The van der Waals surface area contributed by atoms with Gasteiger partial charge in [-0.2, -0.15) is 0 Å². The number of hydrogen-bond acceptors (Lipinski definition) is 5. The van der Waals surface area contributed by atoms with Gasteiger partial charge in [-0.3, -0.25) is 0 Å². The second kappa shape index (κ2) is 7.35. The van der Waals surface area contributed by atoms with Gasteiger partial charge in [-0.05, 0) is 29.8 Å². The predicted molar refractivity (Wildman–Crippen MR) is 99.6 cm³/mol. The quantitative estimate of drug-likeness (QED) is 0.687. The number of halogens is 1. The number of benzene rings is 2. The summed E-state index contributed by atoms with van der Waals surface area (Å²) in [6, 6.07) is 15.7. The van der Waals surface area contributed by atoms with Crippen molar-refractivity contribution in [3.05, 3.63) is 71.0 Å². The SMILES string of the molecule is COc1cccc(N2CCO[C@@H]2c2cn(Cc3ccc(Cl)cc3)nn2)c1. The molecule has 0 unspecified atom stereocenters. The van der Waals surface area contributed by atoms with E-state index >= 15 is 0 Å². The Morgan fingerprint density at radius 2 is 2.08 bits per heavy atom. The Morgan fingerprint density at radius 1 is 1.23 bits per heavy atom. The minimum atomic E-state index is -0.249. The van der Waals surface area contributed by atoms with E-state index in [0.717, 1.165) is 34.3 Å². The van der Waals surface area contributed by atoms with Crippen molar-refractivity contribution in [3.63, 3.8) is 0 Å². The van der Waals surface area contributed by atoms with Crippen LogP contribution in [0.2, 0.25) is 5.02 Å². The monoisotopic (exact) mass is 370 g/mol. The Balaban J connectivity index is 1.53. The number of hydrogen-bond donors (Lipinski definition) is 0.